The first kappa shape index (κ1) is 17.3. The zero-order valence-corrected chi connectivity index (χ0v) is 16.3. The number of aryl methyl sites for hydroxylation is 1. The van der Waals surface area contributed by atoms with Gasteiger partial charge in [0.2, 0.25) is 0 Å². The van der Waals surface area contributed by atoms with Crippen LogP contribution in [0.4, 0.5) is 0 Å². The SMILES string of the molecule is Cc1nccn1-c1nc(-c2ccccc2)c(-c2ncn(C3CCCCO3)n2)s1. The van der Waals surface area contributed by atoms with E-state index in [0.29, 0.717) is 5.82 Å². The minimum absolute atomic E-state index is 0.0292. The van der Waals surface area contributed by atoms with Gasteiger partial charge in [-0.3, -0.25) is 4.57 Å². The van der Waals surface area contributed by atoms with E-state index in [1.54, 1.807) is 23.9 Å². The molecule has 0 N–H and O–H groups in total. The normalized spacial score (nSPS) is 17.1. The van der Waals surface area contributed by atoms with Crippen molar-refractivity contribution in [1.29, 1.82) is 0 Å². The van der Waals surface area contributed by atoms with Crippen molar-refractivity contribution in [3.05, 3.63) is 54.9 Å². The summed E-state index contributed by atoms with van der Waals surface area (Å²) >= 11 is 1.57. The van der Waals surface area contributed by atoms with Crippen LogP contribution in [0.25, 0.3) is 27.1 Å². The standard InChI is InChI=1S/C20H20N6OS/c1-14-21-10-11-25(14)20-23-17(15-7-3-2-4-8-15)18(28-20)19-22-13-26(24-19)16-9-5-6-12-27-16/h2-4,7-8,10-11,13,16H,5-6,9,12H2,1H3. The van der Waals surface area contributed by atoms with Crippen LogP contribution in [-0.4, -0.2) is 35.9 Å². The number of imidazole rings is 1. The summed E-state index contributed by atoms with van der Waals surface area (Å²) in [5.74, 6) is 1.57. The summed E-state index contributed by atoms with van der Waals surface area (Å²) in [7, 11) is 0. The molecule has 0 aliphatic carbocycles. The minimum Gasteiger partial charge on any atom is -0.356 e. The van der Waals surface area contributed by atoms with Gasteiger partial charge in [0.1, 0.15) is 17.0 Å². The number of benzene rings is 1. The summed E-state index contributed by atoms with van der Waals surface area (Å²) in [6.07, 6.45) is 8.68. The van der Waals surface area contributed by atoms with E-state index in [0.717, 1.165) is 53.0 Å². The van der Waals surface area contributed by atoms with Crippen LogP contribution in [0.1, 0.15) is 31.3 Å². The Hall–Kier alpha value is -2.84. The lowest BCUT2D eigenvalue weighted by molar-refractivity contribution is -0.0395. The molecule has 1 aliphatic rings. The second-order valence-electron chi connectivity index (χ2n) is 6.75. The fourth-order valence-corrected chi connectivity index (χ4v) is 4.44. The van der Waals surface area contributed by atoms with E-state index in [4.69, 9.17) is 14.8 Å². The van der Waals surface area contributed by atoms with Crippen LogP contribution in [0, 0.1) is 6.92 Å². The van der Waals surface area contributed by atoms with Crippen LogP contribution in [0.5, 0.6) is 0 Å². The molecule has 4 aromatic rings. The Labute approximate surface area is 166 Å². The van der Waals surface area contributed by atoms with E-state index in [1.165, 1.54) is 0 Å². The Morgan fingerprint density at radius 1 is 1.14 bits per heavy atom. The van der Waals surface area contributed by atoms with E-state index < -0.39 is 0 Å². The third-order valence-corrected chi connectivity index (χ3v) is 5.91. The van der Waals surface area contributed by atoms with Crippen molar-refractivity contribution in [2.24, 2.45) is 0 Å². The molecule has 3 aromatic heterocycles. The largest absolute Gasteiger partial charge is 0.356 e. The van der Waals surface area contributed by atoms with Gasteiger partial charge in [0.15, 0.2) is 17.2 Å². The third kappa shape index (κ3) is 3.14. The van der Waals surface area contributed by atoms with Gasteiger partial charge in [0.05, 0.1) is 5.69 Å². The van der Waals surface area contributed by atoms with Gasteiger partial charge < -0.3 is 4.74 Å². The van der Waals surface area contributed by atoms with Crippen molar-refractivity contribution in [3.63, 3.8) is 0 Å². The molecule has 0 radical (unpaired) electrons. The van der Waals surface area contributed by atoms with Gasteiger partial charge in [0.25, 0.3) is 0 Å². The average molecular weight is 392 g/mol. The first-order valence-electron chi connectivity index (χ1n) is 9.39. The molecule has 7 nitrogen and oxygen atoms in total. The molecule has 1 saturated heterocycles. The highest BCUT2D eigenvalue weighted by molar-refractivity contribution is 7.18. The molecule has 5 rings (SSSR count). The van der Waals surface area contributed by atoms with Crippen molar-refractivity contribution in [2.45, 2.75) is 32.4 Å². The van der Waals surface area contributed by atoms with E-state index in [1.807, 2.05) is 40.6 Å². The molecule has 0 bridgehead atoms. The molecule has 142 valence electrons. The van der Waals surface area contributed by atoms with E-state index in [-0.39, 0.29) is 6.23 Å². The number of thiazole rings is 1. The van der Waals surface area contributed by atoms with Gasteiger partial charge in [-0.1, -0.05) is 41.7 Å². The van der Waals surface area contributed by atoms with Crippen LogP contribution in [0.2, 0.25) is 0 Å². The van der Waals surface area contributed by atoms with Crippen molar-refractivity contribution < 1.29 is 4.74 Å². The van der Waals surface area contributed by atoms with Crippen molar-refractivity contribution >= 4 is 11.3 Å². The Bertz CT molecular complexity index is 1080. The topological polar surface area (TPSA) is 70.7 Å². The summed E-state index contributed by atoms with van der Waals surface area (Å²) in [4.78, 5) is 14.8. The van der Waals surface area contributed by atoms with Crippen molar-refractivity contribution in [2.75, 3.05) is 6.61 Å². The number of nitrogens with zero attached hydrogens (tertiary/aromatic N) is 6. The minimum atomic E-state index is -0.0292. The molecule has 1 aromatic carbocycles. The first-order chi connectivity index (χ1) is 13.8. The molecule has 0 spiro atoms. The summed E-state index contributed by atoms with van der Waals surface area (Å²) in [5, 5.41) is 5.59. The highest BCUT2D eigenvalue weighted by atomic mass is 32.1. The van der Waals surface area contributed by atoms with Gasteiger partial charge in [-0.25, -0.2) is 19.6 Å². The highest BCUT2D eigenvalue weighted by Crippen LogP contribution is 2.37. The molecule has 1 aliphatic heterocycles. The number of aromatic nitrogens is 6. The Morgan fingerprint density at radius 2 is 2.04 bits per heavy atom. The molecular formula is C20H20N6OS. The van der Waals surface area contributed by atoms with Crippen LogP contribution in [-0.2, 0) is 4.74 Å². The summed E-state index contributed by atoms with van der Waals surface area (Å²) < 4.78 is 9.67. The zero-order valence-electron chi connectivity index (χ0n) is 15.5. The first-order valence-corrected chi connectivity index (χ1v) is 10.2. The maximum absolute atomic E-state index is 5.84. The number of hydrogen-bond donors (Lipinski definition) is 0. The lowest BCUT2D eigenvalue weighted by Gasteiger charge is -2.21. The lowest BCUT2D eigenvalue weighted by Crippen LogP contribution is -2.18. The van der Waals surface area contributed by atoms with E-state index in [9.17, 15) is 0 Å². The summed E-state index contributed by atoms with van der Waals surface area (Å²) in [6, 6.07) is 10.2. The van der Waals surface area contributed by atoms with Gasteiger partial charge in [-0.05, 0) is 26.2 Å². The average Bonchev–Trinajstić information content (AvgIpc) is 3.48. The Balaban J connectivity index is 1.59. The maximum Gasteiger partial charge on any atom is 0.196 e. The second kappa shape index (κ2) is 7.29. The van der Waals surface area contributed by atoms with Gasteiger partial charge in [-0.15, -0.1) is 5.10 Å². The van der Waals surface area contributed by atoms with E-state index >= 15 is 0 Å². The van der Waals surface area contributed by atoms with Crippen LogP contribution in [0.15, 0.2) is 49.1 Å². The molecule has 8 heteroatoms. The zero-order chi connectivity index (χ0) is 18.9. The molecule has 1 unspecified atom stereocenters. The fourth-order valence-electron chi connectivity index (χ4n) is 3.39. The van der Waals surface area contributed by atoms with Crippen LogP contribution >= 0.6 is 11.3 Å². The smallest absolute Gasteiger partial charge is 0.196 e. The fraction of sp³-hybridized carbons (Fsp3) is 0.300. The summed E-state index contributed by atoms with van der Waals surface area (Å²) in [6.45, 7) is 2.75. The Morgan fingerprint density at radius 3 is 2.79 bits per heavy atom. The second-order valence-corrected chi connectivity index (χ2v) is 7.73. The molecule has 28 heavy (non-hydrogen) atoms. The third-order valence-electron chi connectivity index (χ3n) is 4.86. The van der Waals surface area contributed by atoms with Gasteiger partial charge in [0, 0.05) is 24.6 Å². The van der Waals surface area contributed by atoms with E-state index in [2.05, 4.69) is 22.1 Å². The summed E-state index contributed by atoms with van der Waals surface area (Å²) in [5.41, 5.74) is 1.93. The molecule has 0 amide bonds. The molecule has 4 heterocycles. The molecule has 0 saturated carbocycles. The molecule has 1 atom stereocenters. The Kier molecular flexibility index (Phi) is 4.50. The number of ether oxygens (including phenoxy) is 1. The number of hydrogen-bond acceptors (Lipinski definition) is 6. The van der Waals surface area contributed by atoms with Crippen LogP contribution in [0.3, 0.4) is 0 Å². The highest BCUT2D eigenvalue weighted by Gasteiger charge is 2.22. The quantitative estimate of drug-likeness (QED) is 0.519. The molecule has 1 fully saturated rings. The van der Waals surface area contributed by atoms with Gasteiger partial charge >= 0.3 is 0 Å². The predicted octanol–water partition coefficient (Wildman–Crippen LogP) is 4.26. The monoisotopic (exact) mass is 392 g/mol. The van der Waals surface area contributed by atoms with Crippen LogP contribution < -0.4 is 0 Å². The number of rotatable bonds is 4. The van der Waals surface area contributed by atoms with Crippen molar-refractivity contribution in [1.82, 2.24) is 29.3 Å². The van der Waals surface area contributed by atoms with Crippen molar-refractivity contribution in [3.8, 4) is 27.1 Å². The predicted molar refractivity (Wildman–Crippen MR) is 107 cm³/mol. The lowest BCUT2D eigenvalue weighted by atomic mass is 10.1. The molecular weight excluding hydrogens is 372 g/mol. The maximum atomic E-state index is 5.84. The van der Waals surface area contributed by atoms with Gasteiger partial charge in [-0.2, -0.15) is 0 Å².